The molecule has 7 heteroatoms. The second kappa shape index (κ2) is 8.43. The number of carbonyl (C=O) groups excluding carboxylic acids is 3. The summed E-state index contributed by atoms with van der Waals surface area (Å²) in [4.78, 5) is 41.1. The molecule has 4 rings (SSSR count). The summed E-state index contributed by atoms with van der Waals surface area (Å²) in [5, 5.41) is 3.01. The van der Waals surface area contributed by atoms with Gasteiger partial charge in [-0.25, -0.2) is 0 Å². The maximum atomic E-state index is 12.7. The van der Waals surface area contributed by atoms with E-state index in [2.05, 4.69) is 5.32 Å². The van der Waals surface area contributed by atoms with E-state index in [0.717, 1.165) is 25.7 Å². The van der Waals surface area contributed by atoms with Gasteiger partial charge in [-0.05, 0) is 49.8 Å². The van der Waals surface area contributed by atoms with Crippen molar-refractivity contribution >= 4 is 17.7 Å². The quantitative estimate of drug-likeness (QED) is 0.789. The first-order valence-corrected chi connectivity index (χ1v) is 10.5. The molecule has 1 aromatic rings. The lowest BCUT2D eigenvalue weighted by Crippen LogP contribution is -2.42. The molecule has 1 aliphatic carbocycles. The Balaban J connectivity index is 1.25. The van der Waals surface area contributed by atoms with Crippen LogP contribution in [-0.2, 0) is 9.59 Å². The molecule has 29 heavy (non-hydrogen) atoms. The third-order valence-electron chi connectivity index (χ3n) is 6.21. The summed E-state index contributed by atoms with van der Waals surface area (Å²) in [6.07, 6.45) is 4.19. The number of amides is 3. The van der Waals surface area contributed by atoms with Gasteiger partial charge in [0.15, 0.2) is 0 Å². The van der Waals surface area contributed by atoms with E-state index in [4.69, 9.17) is 4.74 Å². The molecule has 2 saturated heterocycles. The van der Waals surface area contributed by atoms with Gasteiger partial charge in [-0.15, -0.1) is 0 Å². The van der Waals surface area contributed by atoms with Gasteiger partial charge in [0.1, 0.15) is 5.75 Å². The van der Waals surface area contributed by atoms with E-state index in [-0.39, 0.29) is 23.6 Å². The van der Waals surface area contributed by atoms with E-state index in [0.29, 0.717) is 55.9 Å². The highest BCUT2D eigenvalue weighted by atomic mass is 16.5. The summed E-state index contributed by atoms with van der Waals surface area (Å²) in [6.45, 7) is 2.59. The van der Waals surface area contributed by atoms with E-state index in [9.17, 15) is 14.4 Å². The van der Waals surface area contributed by atoms with Crippen LogP contribution in [0.4, 0.5) is 0 Å². The molecule has 3 aliphatic rings. The SMILES string of the molecule is COc1cccc(C(=O)N2CCC(CN3CC(C(=O)NC4CC4)CC3=O)CC2)c1. The summed E-state index contributed by atoms with van der Waals surface area (Å²) in [5.41, 5.74) is 0.641. The number of likely N-dealkylation sites (tertiary alicyclic amines) is 2. The van der Waals surface area contributed by atoms with E-state index >= 15 is 0 Å². The van der Waals surface area contributed by atoms with Crippen LogP contribution in [-0.4, -0.2) is 66.9 Å². The molecule has 2 aliphatic heterocycles. The maximum absolute atomic E-state index is 12.7. The van der Waals surface area contributed by atoms with Gasteiger partial charge in [0.05, 0.1) is 13.0 Å². The van der Waals surface area contributed by atoms with Crippen LogP contribution in [0.5, 0.6) is 5.75 Å². The van der Waals surface area contributed by atoms with Crippen LogP contribution in [0.15, 0.2) is 24.3 Å². The molecule has 0 aromatic heterocycles. The molecule has 3 amide bonds. The van der Waals surface area contributed by atoms with Crippen molar-refractivity contribution in [2.75, 3.05) is 33.3 Å². The topological polar surface area (TPSA) is 79.0 Å². The van der Waals surface area contributed by atoms with Gasteiger partial charge in [0, 0.05) is 44.2 Å². The Morgan fingerprint density at radius 2 is 1.93 bits per heavy atom. The number of ether oxygens (including phenoxy) is 1. The largest absolute Gasteiger partial charge is 0.497 e. The number of nitrogens with zero attached hydrogens (tertiary/aromatic N) is 2. The predicted octanol–water partition coefficient (Wildman–Crippen LogP) is 1.67. The fourth-order valence-electron chi connectivity index (χ4n) is 4.24. The zero-order valence-electron chi connectivity index (χ0n) is 16.9. The van der Waals surface area contributed by atoms with Crippen molar-refractivity contribution in [1.82, 2.24) is 15.1 Å². The zero-order chi connectivity index (χ0) is 20.4. The van der Waals surface area contributed by atoms with Gasteiger partial charge in [-0.1, -0.05) is 6.07 Å². The summed E-state index contributed by atoms with van der Waals surface area (Å²) in [5.74, 6) is 0.976. The lowest BCUT2D eigenvalue weighted by Gasteiger charge is -2.34. The Morgan fingerprint density at radius 1 is 1.17 bits per heavy atom. The van der Waals surface area contributed by atoms with Gasteiger partial charge >= 0.3 is 0 Å². The molecular formula is C22H29N3O4. The average Bonchev–Trinajstić information content (AvgIpc) is 3.49. The molecule has 3 fully saturated rings. The molecule has 0 spiro atoms. The molecule has 2 heterocycles. The normalized spacial score (nSPS) is 22.7. The number of hydrogen-bond acceptors (Lipinski definition) is 4. The molecule has 0 radical (unpaired) electrons. The van der Waals surface area contributed by atoms with Gasteiger partial charge < -0.3 is 19.9 Å². The highest BCUT2D eigenvalue weighted by molar-refractivity contribution is 5.94. The van der Waals surface area contributed by atoms with Gasteiger partial charge in [-0.2, -0.15) is 0 Å². The van der Waals surface area contributed by atoms with Crippen molar-refractivity contribution in [3.05, 3.63) is 29.8 Å². The van der Waals surface area contributed by atoms with E-state index in [1.54, 1.807) is 13.2 Å². The molecule has 1 aromatic carbocycles. The second-order valence-electron chi connectivity index (χ2n) is 8.45. The van der Waals surface area contributed by atoms with Crippen LogP contribution in [0, 0.1) is 11.8 Å². The van der Waals surface area contributed by atoms with Crippen LogP contribution >= 0.6 is 0 Å². The number of hydrogen-bond donors (Lipinski definition) is 1. The lowest BCUT2D eigenvalue weighted by atomic mass is 9.95. The zero-order valence-corrected chi connectivity index (χ0v) is 16.9. The molecular weight excluding hydrogens is 370 g/mol. The summed E-state index contributed by atoms with van der Waals surface area (Å²) >= 11 is 0. The van der Waals surface area contributed by atoms with E-state index in [1.807, 2.05) is 28.0 Å². The minimum absolute atomic E-state index is 0.0245. The third-order valence-corrected chi connectivity index (χ3v) is 6.21. The van der Waals surface area contributed by atoms with Gasteiger partial charge in [-0.3, -0.25) is 14.4 Å². The molecule has 1 saturated carbocycles. The summed E-state index contributed by atoms with van der Waals surface area (Å²) in [7, 11) is 1.59. The Bertz CT molecular complexity index is 784. The molecule has 1 unspecified atom stereocenters. The molecule has 1 atom stereocenters. The predicted molar refractivity (Wildman–Crippen MR) is 107 cm³/mol. The van der Waals surface area contributed by atoms with Crippen LogP contribution in [0.25, 0.3) is 0 Å². The first-order chi connectivity index (χ1) is 14.0. The van der Waals surface area contributed by atoms with E-state index < -0.39 is 0 Å². The minimum atomic E-state index is -0.210. The first kappa shape index (κ1) is 19.7. The van der Waals surface area contributed by atoms with Gasteiger partial charge in [0.2, 0.25) is 11.8 Å². The van der Waals surface area contributed by atoms with Crippen LogP contribution < -0.4 is 10.1 Å². The fraction of sp³-hybridized carbons (Fsp3) is 0.591. The number of methoxy groups -OCH3 is 1. The van der Waals surface area contributed by atoms with Crippen molar-refractivity contribution in [1.29, 1.82) is 0 Å². The Morgan fingerprint density at radius 3 is 2.62 bits per heavy atom. The smallest absolute Gasteiger partial charge is 0.253 e. The number of benzene rings is 1. The van der Waals surface area contributed by atoms with Crippen molar-refractivity contribution in [2.45, 2.75) is 38.1 Å². The highest BCUT2D eigenvalue weighted by Crippen LogP contribution is 2.26. The van der Waals surface area contributed by atoms with Gasteiger partial charge in [0.25, 0.3) is 5.91 Å². The monoisotopic (exact) mass is 399 g/mol. The first-order valence-electron chi connectivity index (χ1n) is 10.5. The van der Waals surface area contributed by atoms with Crippen LogP contribution in [0.3, 0.4) is 0 Å². The summed E-state index contributed by atoms with van der Waals surface area (Å²) < 4.78 is 5.21. The lowest BCUT2D eigenvalue weighted by molar-refractivity contribution is -0.129. The maximum Gasteiger partial charge on any atom is 0.253 e. The van der Waals surface area contributed by atoms with Crippen LogP contribution in [0.2, 0.25) is 0 Å². The molecule has 7 nitrogen and oxygen atoms in total. The fourth-order valence-corrected chi connectivity index (χ4v) is 4.24. The van der Waals surface area contributed by atoms with Crippen LogP contribution in [0.1, 0.15) is 42.5 Å². The van der Waals surface area contributed by atoms with E-state index in [1.165, 1.54) is 0 Å². The summed E-state index contributed by atoms with van der Waals surface area (Å²) in [6, 6.07) is 7.57. The average molecular weight is 399 g/mol. The van der Waals surface area contributed by atoms with Crippen molar-refractivity contribution in [2.24, 2.45) is 11.8 Å². The van der Waals surface area contributed by atoms with Crippen molar-refractivity contribution in [3.8, 4) is 5.75 Å². The number of rotatable bonds is 6. The highest BCUT2D eigenvalue weighted by Gasteiger charge is 2.37. The van der Waals surface area contributed by atoms with Crippen molar-refractivity contribution < 1.29 is 19.1 Å². The standard InChI is InChI=1S/C22H29N3O4/c1-29-19-4-2-3-16(11-19)22(28)24-9-7-15(8-10-24)13-25-14-17(12-20(25)26)21(27)23-18-5-6-18/h2-4,11,15,17-18H,5-10,12-14H2,1H3,(H,23,27). The molecule has 156 valence electrons. The molecule has 0 bridgehead atoms. The molecule has 1 N–H and O–H groups in total. The van der Waals surface area contributed by atoms with Crippen molar-refractivity contribution in [3.63, 3.8) is 0 Å². The second-order valence-corrected chi connectivity index (χ2v) is 8.45. The Labute approximate surface area is 171 Å². The third kappa shape index (κ3) is 4.71. The Hall–Kier alpha value is -2.57. The Kier molecular flexibility index (Phi) is 5.74. The number of carbonyl (C=O) groups is 3. The number of nitrogens with one attached hydrogen (secondary N) is 1. The number of piperidine rings is 1. The minimum Gasteiger partial charge on any atom is -0.497 e.